The maximum Gasteiger partial charge on any atom is 0.338 e. The molecule has 1 saturated heterocycles. The number of rotatable bonds is 11. The lowest BCUT2D eigenvalue weighted by Crippen LogP contribution is -2.67. The average Bonchev–Trinajstić information content (AvgIpc) is 3.07. The third-order valence-corrected chi connectivity index (χ3v) is 8.83. The standard InChI is InChI=1S/C38H40N2O4/c41-36(43-27-30-10-4-1-5-11-30)34-20-22-35(23-21-34)40(26-29-16-18-33(19-17-29)32-14-8-3-9-15-32)37(42)38(24-25-39-38)44-28-31-12-6-2-7-13-31/h1-2,4-7,10-13,16-23,32,39H,3,8-9,14-15,24-28H2/t38-/m1/s1. The second kappa shape index (κ2) is 14.0. The molecule has 0 bridgehead atoms. The molecule has 6 heteroatoms. The lowest BCUT2D eigenvalue weighted by atomic mass is 9.84. The molecular formula is C38H40N2O4. The average molecular weight is 589 g/mol. The molecule has 1 N–H and O–H groups in total. The Bertz CT molecular complexity index is 1510. The molecule has 1 aliphatic heterocycles. The van der Waals surface area contributed by atoms with Crippen LogP contribution in [-0.2, 0) is 34.0 Å². The van der Waals surface area contributed by atoms with Gasteiger partial charge in [0.1, 0.15) is 6.61 Å². The van der Waals surface area contributed by atoms with E-state index >= 15 is 0 Å². The largest absolute Gasteiger partial charge is 0.457 e. The SMILES string of the molecule is O=C(OCc1ccccc1)c1ccc(N(Cc2ccc(C3CCCCC3)cc2)C(=O)[C@]2(OCc3ccccc3)CCN2)cc1. The molecule has 0 aromatic heterocycles. The van der Waals surface area contributed by atoms with E-state index in [4.69, 9.17) is 9.47 Å². The number of carbonyl (C=O) groups is 2. The number of nitrogens with one attached hydrogen (secondary N) is 1. The van der Waals surface area contributed by atoms with Gasteiger partial charge in [-0.3, -0.25) is 10.1 Å². The number of carbonyl (C=O) groups excluding carboxylic acids is 2. The van der Waals surface area contributed by atoms with E-state index in [1.807, 2.05) is 72.8 Å². The molecular weight excluding hydrogens is 548 g/mol. The molecule has 2 aliphatic rings. The van der Waals surface area contributed by atoms with Crippen LogP contribution >= 0.6 is 0 Å². The van der Waals surface area contributed by atoms with Crippen molar-refractivity contribution in [1.29, 1.82) is 0 Å². The lowest BCUT2D eigenvalue weighted by molar-refractivity contribution is -0.166. The zero-order valence-electron chi connectivity index (χ0n) is 25.1. The maximum absolute atomic E-state index is 14.3. The monoisotopic (exact) mass is 588 g/mol. The Morgan fingerprint density at radius 1 is 0.727 bits per heavy atom. The van der Waals surface area contributed by atoms with Gasteiger partial charge in [-0.15, -0.1) is 0 Å². The molecule has 6 rings (SSSR count). The summed E-state index contributed by atoms with van der Waals surface area (Å²) >= 11 is 0. The van der Waals surface area contributed by atoms with E-state index in [9.17, 15) is 9.59 Å². The van der Waals surface area contributed by atoms with Crippen LogP contribution in [0.2, 0.25) is 0 Å². The number of benzene rings is 4. The Morgan fingerprint density at radius 2 is 1.34 bits per heavy atom. The van der Waals surface area contributed by atoms with Gasteiger partial charge in [0.25, 0.3) is 5.91 Å². The molecule has 226 valence electrons. The third-order valence-electron chi connectivity index (χ3n) is 8.83. The summed E-state index contributed by atoms with van der Waals surface area (Å²) in [5.41, 5.74) is 4.39. The van der Waals surface area contributed by atoms with Gasteiger partial charge in [0, 0.05) is 18.7 Å². The summed E-state index contributed by atoms with van der Waals surface area (Å²) < 4.78 is 11.8. The van der Waals surface area contributed by atoms with Gasteiger partial charge < -0.3 is 14.4 Å². The third kappa shape index (κ3) is 7.09. The molecule has 0 radical (unpaired) electrons. The van der Waals surface area contributed by atoms with Gasteiger partial charge in [-0.05, 0) is 65.3 Å². The fourth-order valence-electron chi connectivity index (χ4n) is 6.10. The lowest BCUT2D eigenvalue weighted by Gasteiger charge is -2.44. The summed E-state index contributed by atoms with van der Waals surface area (Å²) in [5.74, 6) is 0.0777. The van der Waals surface area contributed by atoms with Crippen molar-refractivity contribution in [2.75, 3.05) is 11.4 Å². The number of nitrogens with zero attached hydrogens (tertiary/aromatic N) is 1. The first-order valence-corrected chi connectivity index (χ1v) is 15.7. The van der Waals surface area contributed by atoms with Gasteiger partial charge >= 0.3 is 5.97 Å². The Kier molecular flexibility index (Phi) is 9.49. The molecule has 44 heavy (non-hydrogen) atoms. The highest BCUT2D eigenvalue weighted by Crippen LogP contribution is 2.33. The number of anilines is 1. The van der Waals surface area contributed by atoms with E-state index < -0.39 is 11.7 Å². The first kappa shape index (κ1) is 29.8. The van der Waals surface area contributed by atoms with Crippen LogP contribution in [0.1, 0.15) is 77.1 Å². The first-order valence-electron chi connectivity index (χ1n) is 15.7. The summed E-state index contributed by atoms with van der Waals surface area (Å²) in [5, 5.41) is 3.29. The highest BCUT2D eigenvalue weighted by atomic mass is 16.5. The Labute approximate surface area is 260 Å². The van der Waals surface area contributed by atoms with E-state index in [1.165, 1.54) is 37.7 Å². The topological polar surface area (TPSA) is 67.9 Å². The second-order valence-corrected chi connectivity index (χ2v) is 11.9. The smallest absolute Gasteiger partial charge is 0.338 e. The normalized spacial score (nSPS) is 18.3. The first-order chi connectivity index (χ1) is 21.6. The molecule has 0 unspecified atom stereocenters. The van der Waals surface area contributed by atoms with Gasteiger partial charge in [-0.1, -0.05) is 104 Å². The molecule has 4 aromatic carbocycles. The number of ether oxygens (including phenoxy) is 2. The number of hydrogen-bond donors (Lipinski definition) is 1. The van der Waals surface area contributed by atoms with Gasteiger partial charge in [-0.2, -0.15) is 0 Å². The van der Waals surface area contributed by atoms with Crippen LogP contribution in [0.25, 0.3) is 0 Å². The van der Waals surface area contributed by atoms with Crippen molar-refractivity contribution in [3.05, 3.63) is 137 Å². The number of esters is 1. The van der Waals surface area contributed by atoms with Crippen molar-refractivity contribution >= 4 is 17.6 Å². The Hall–Kier alpha value is -4.26. The molecule has 2 fully saturated rings. The minimum atomic E-state index is -1.11. The molecule has 0 spiro atoms. The van der Waals surface area contributed by atoms with Crippen LogP contribution in [0.4, 0.5) is 5.69 Å². The van der Waals surface area contributed by atoms with E-state index in [0.29, 0.717) is 43.3 Å². The van der Waals surface area contributed by atoms with Crippen LogP contribution < -0.4 is 10.2 Å². The maximum atomic E-state index is 14.3. The molecule has 1 heterocycles. The minimum Gasteiger partial charge on any atom is -0.457 e. The Balaban J connectivity index is 1.21. The molecule has 6 nitrogen and oxygen atoms in total. The molecule has 1 atom stereocenters. The van der Waals surface area contributed by atoms with Crippen LogP contribution in [-0.4, -0.2) is 24.1 Å². The number of amides is 1. The highest BCUT2D eigenvalue weighted by Gasteiger charge is 2.48. The minimum absolute atomic E-state index is 0.143. The van der Waals surface area contributed by atoms with E-state index in [2.05, 4.69) is 29.6 Å². The van der Waals surface area contributed by atoms with Crippen molar-refractivity contribution in [2.45, 2.75) is 69.9 Å². The van der Waals surface area contributed by atoms with Crippen LogP contribution in [0.5, 0.6) is 0 Å². The predicted molar refractivity (Wildman–Crippen MR) is 172 cm³/mol. The zero-order valence-corrected chi connectivity index (χ0v) is 25.1. The summed E-state index contributed by atoms with van der Waals surface area (Å²) in [4.78, 5) is 28.9. The van der Waals surface area contributed by atoms with Crippen molar-refractivity contribution in [3.8, 4) is 0 Å². The summed E-state index contributed by atoms with van der Waals surface area (Å²) in [6.07, 6.45) is 7.00. The van der Waals surface area contributed by atoms with Crippen LogP contribution in [0.3, 0.4) is 0 Å². The van der Waals surface area contributed by atoms with Gasteiger partial charge in [0.2, 0.25) is 5.72 Å². The second-order valence-electron chi connectivity index (χ2n) is 11.9. The van der Waals surface area contributed by atoms with Crippen LogP contribution in [0.15, 0.2) is 109 Å². The zero-order chi connectivity index (χ0) is 30.2. The fraction of sp³-hybridized carbons (Fsp3) is 0.316. The fourth-order valence-corrected chi connectivity index (χ4v) is 6.10. The van der Waals surface area contributed by atoms with Crippen molar-refractivity contribution in [2.24, 2.45) is 0 Å². The van der Waals surface area contributed by atoms with E-state index in [0.717, 1.165) is 16.7 Å². The quantitative estimate of drug-likeness (QED) is 0.184. The highest BCUT2D eigenvalue weighted by molar-refractivity contribution is 6.00. The van der Waals surface area contributed by atoms with Crippen molar-refractivity contribution in [3.63, 3.8) is 0 Å². The molecule has 4 aromatic rings. The van der Waals surface area contributed by atoms with Crippen molar-refractivity contribution < 1.29 is 19.1 Å². The van der Waals surface area contributed by atoms with E-state index in [1.54, 1.807) is 17.0 Å². The summed E-state index contributed by atoms with van der Waals surface area (Å²) in [7, 11) is 0. The predicted octanol–water partition coefficient (Wildman–Crippen LogP) is 7.53. The summed E-state index contributed by atoms with van der Waals surface area (Å²) in [6, 6.07) is 35.3. The van der Waals surface area contributed by atoms with Gasteiger partial charge in [0.15, 0.2) is 0 Å². The Morgan fingerprint density at radius 3 is 1.93 bits per heavy atom. The van der Waals surface area contributed by atoms with Gasteiger partial charge in [0.05, 0.1) is 18.7 Å². The van der Waals surface area contributed by atoms with Gasteiger partial charge in [-0.25, -0.2) is 4.79 Å². The van der Waals surface area contributed by atoms with Crippen LogP contribution in [0, 0.1) is 0 Å². The van der Waals surface area contributed by atoms with E-state index in [-0.39, 0.29) is 12.5 Å². The summed E-state index contributed by atoms with van der Waals surface area (Å²) in [6.45, 7) is 1.63. The molecule has 1 amide bonds. The molecule has 1 aliphatic carbocycles. The van der Waals surface area contributed by atoms with Crippen molar-refractivity contribution in [1.82, 2.24) is 5.32 Å². The molecule has 1 saturated carbocycles. The number of hydrogen-bond acceptors (Lipinski definition) is 5.